The molecule has 8 aromatic rings. The molecule has 37 heavy (non-hydrogen) atoms. The van der Waals surface area contributed by atoms with Gasteiger partial charge in [-0.3, -0.25) is 0 Å². The minimum Gasteiger partial charge on any atom is -0.456 e. The Morgan fingerprint density at radius 1 is 0.432 bits per heavy atom. The first kappa shape index (κ1) is 20.2. The van der Waals surface area contributed by atoms with Gasteiger partial charge in [0.05, 0.1) is 22.4 Å². The zero-order valence-electron chi connectivity index (χ0n) is 19.8. The van der Waals surface area contributed by atoms with Gasteiger partial charge >= 0.3 is 0 Å². The Bertz CT molecular complexity index is 2160. The molecule has 3 heterocycles. The van der Waals surface area contributed by atoms with E-state index in [4.69, 9.17) is 14.4 Å². The van der Waals surface area contributed by atoms with Crippen molar-refractivity contribution in [3.8, 4) is 22.5 Å². The lowest BCUT2D eigenvalue weighted by molar-refractivity contribution is 0.669. The van der Waals surface area contributed by atoms with E-state index in [1.54, 1.807) is 0 Å². The summed E-state index contributed by atoms with van der Waals surface area (Å²) in [6, 6.07) is 42.0. The third kappa shape index (κ3) is 3.14. The van der Waals surface area contributed by atoms with Crippen LogP contribution in [0.15, 0.2) is 126 Å². The fourth-order valence-corrected chi connectivity index (χ4v) is 5.44. The second-order valence-electron chi connectivity index (χ2n) is 9.44. The van der Waals surface area contributed by atoms with Gasteiger partial charge < -0.3 is 4.42 Å². The van der Waals surface area contributed by atoms with Gasteiger partial charge in [0.25, 0.3) is 0 Å². The summed E-state index contributed by atoms with van der Waals surface area (Å²) in [5.74, 6) is 0. The van der Waals surface area contributed by atoms with Crippen molar-refractivity contribution in [2.75, 3.05) is 0 Å². The lowest BCUT2D eigenvalue weighted by Gasteiger charge is -2.12. The van der Waals surface area contributed by atoms with Gasteiger partial charge in [0.15, 0.2) is 0 Å². The van der Waals surface area contributed by atoms with Gasteiger partial charge in [0.1, 0.15) is 11.2 Å². The van der Waals surface area contributed by atoms with Crippen molar-refractivity contribution in [3.05, 3.63) is 121 Å². The first-order valence-corrected chi connectivity index (χ1v) is 12.4. The molecule has 172 valence electrons. The predicted octanol–water partition coefficient (Wildman–Crippen LogP) is 9.17. The third-order valence-electron chi connectivity index (χ3n) is 7.23. The largest absolute Gasteiger partial charge is 0.456 e. The lowest BCUT2D eigenvalue weighted by atomic mass is 9.96. The fourth-order valence-electron chi connectivity index (χ4n) is 5.44. The van der Waals surface area contributed by atoms with Crippen LogP contribution in [0.3, 0.4) is 0 Å². The van der Waals surface area contributed by atoms with Gasteiger partial charge in [-0.05, 0) is 47.9 Å². The average molecular weight is 473 g/mol. The molecule has 0 saturated heterocycles. The minimum atomic E-state index is 0.874. The number of nitrogens with zero attached hydrogens (tertiary/aromatic N) is 2. The molecule has 0 N–H and O–H groups in total. The number of benzene rings is 5. The summed E-state index contributed by atoms with van der Waals surface area (Å²) in [6.45, 7) is 0. The quantitative estimate of drug-likeness (QED) is 0.235. The highest BCUT2D eigenvalue weighted by molar-refractivity contribution is 6.18. The Morgan fingerprint density at radius 2 is 1.22 bits per heavy atom. The first-order valence-electron chi connectivity index (χ1n) is 12.4. The molecular formula is C34H20N2O. The molecule has 0 bridgehead atoms. The third-order valence-corrected chi connectivity index (χ3v) is 7.23. The monoisotopic (exact) mass is 472 g/mol. The number of rotatable bonds is 2. The fraction of sp³-hybridized carbons (Fsp3) is 0. The SMILES string of the molecule is c1cc(-c2ccc3ccccc3n2)cc(-c2nc3ccccc3c3cc4c(cc23)oc2ccccc24)c1. The van der Waals surface area contributed by atoms with Crippen molar-refractivity contribution >= 4 is 54.5 Å². The molecule has 3 heteroatoms. The molecule has 0 radical (unpaired) electrons. The summed E-state index contributed by atoms with van der Waals surface area (Å²) < 4.78 is 6.26. The van der Waals surface area contributed by atoms with Gasteiger partial charge in [-0.2, -0.15) is 0 Å². The average Bonchev–Trinajstić information content (AvgIpc) is 3.33. The zero-order chi connectivity index (χ0) is 24.3. The molecule has 0 spiro atoms. The second-order valence-corrected chi connectivity index (χ2v) is 9.44. The van der Waals surface area contributed by atoms with Crippen molar-refractivity contribution in [2.24, 2.45) is 0 Å². The number of hydrogen-bond donors (Lipinski definition) is 0. The van der Waals surface area contributed by atoms with Crippen LogP contribution in [0.1, 0.15) is 0 Å². The number of pyridine rings is 2. The highest BCUT2D eigenvalue weighted by Crippen LogP contribution is 2.39. The highest BCUT2D eigenvalue weighted by atomic mass is 16.3. The Hall–Kier alpha value is -5.02. The number of hydrogen-bond acceptors (Lipinski definition) is 3. The highest BCUT2D eigenvalue weighted by Gasteiger charge is 2.15. The molecule has 0 aliphatic rings. The molecule has 3 nitrogen and oxygen atoms in total. The second kappa shape index (κ2) is 7.74. The van der Waals surface area contributed by atoms with E-state index in [0.717, 1.165) is 71.6 Å². The summed E-state index contributed by atoms with van der Waals surface area (Å²) in [6.07, 6.45) is 0. The molecule has 3 aromatic heterocycles. The van der Waals surface area contributed by atoms with Crippen LogP contribution in [0, 0.1) is 0 Å². The van der Waals surface area contributed by atoms with E-state index in [1.165, 1.54) is 5.39 Å². The van der Waals surface area contributed by atoms with Gasteiger partial charge in [0, 0.05) is 38.1 Å². The van der Waals surface area contributed by atoms with E-state index in [1.807, 2.05) is 30.3 Å². The first-order chi connectivity index (χ1) is 18.3. The van der Waals surface area contributed by atoms with Crippen molar-refractivity contribution in [1.29, 1.82) is 0 Å². The maximum Gasteiger partial charge on any atom is 0.136 e. The molecule has 0 fully saturated rings. The number of para-hydroxylation sites is 3. The maximum atomic E-state index is 6.26. The summed E-state index contributed by atoms with van der Waals surface area (Å²) in [4.78, 5) is 10.1. The van der Waals surface area contributed by atoms with Gasteiger partial charge in [0.2, 0.25) is 0 Å². The Labute approximate surface area is 212 Å². The van der Waals surface area contributed by atoms with Crippen molar-refractivity contribution < 1.29 is 4.42 Å². The molecule has 8 rings (SSSR count). The molecule has 0 aliphatic carbocycles. The smallest absolute Gasteiger partial charge is 0.136 e. The molecule has 0 amide bonds. The van der Waals surface area contributed by atoms with Crippen LogP contribution in [-0.4, -0.2) is 9.97 Å². The van der Waals surface area contributed by atoms with Crippen LogP contribution in [0.25, 0.3) is 77.0 Å². The van der Waals surface area contributed by atoms with E-state index in [0.29, 0.717) is 0 Å². The Kier molecular flexibility index (Phi) is 4.23. The van der Waals surface area contributed by atoms with Crippen LogP contribution in [-0.2, 0) is 0 Å². The van der Waals surface area contributed by atoms with Gasteiger partial charge in [-0.1, -0.05) is 78.9 Å². The van der Waals surface area contributed by atoms with Crippen molar-refractivity contribution in [1.82, 2.24) is 9.97 Å². The number of furan rings is 1. The number of fused-ring (bicyclic) bond motifs is 7. The van der Waals surface area contributed by atoms with Crippen LogP contribution >= 0.6 is 0 Å². The summed E-state index contributed by atoms with van der Waals surface area (Å²) in [5, 5.41) is 6.79. The number of aromatic nitrogens is 2. The molecule has 0 atom stereocenters. The van der Waals surface area contributed by atoms with Crippen LogP contribution in [0.2, 0.25) is 0 Å². The zero-order valence-corrected chi connectivity index (χ0v) is 19.8. The standard InChI is InChI=1S/C34H20N2O/c1-4-13-29-21(8-1)16-17-30(35-29)22-9-7-10-23(18-22)34-28-20-33-27(25-12-3-6-15-32(25)37-33)19-26(28)24-11-2-5-14-31(24)36-34/h1-20H. The minimum absolute atomic E-state index is 0.874. The van der Waals surface area contributed by atoms with Crippen molar-refractivity contribution in [2.45, 2.75) is 0 Å². The molecule has 0 saturated carbocycles. The van der Waals surface area contributed by atoms with E-state index in [-0.39, 0.29) is 0 Å². The van der Waals surface area contributed by atoms with E-state index >= 15 is 0 Å². The van der Waals surface area contributed by atoms with Gasteiger partial charge in [-0.25, -0.2) is 9.97 Å². The molecular weight excluding hydrogens is 452 g/mol. The molecule has 0 unspecified atom stereocenters. The molecule has 0 aliphatic heterocycles. The Morgan fingerprint density at radius 3 is 2.16 bits per heavy atom. The summed E-state index contributed by atoms with van der Waals surface area (Å²) in [5.41, 5.74) is 7.76. The van der Waals surface area contributed by atoms with E-state index < -0.39 is 0 Å². The van der Waals surface area contributed by atoms with Crippen LogP contribution in [0.4, 0.5) is 0 Å². The van der Waals surface area contributed by atoms with Crippen LogP contribution < -0.4 is 0 Å². The van der Waals surface area contributed by atoms with Crippen LogP contribution in [0.5, 0.6) is 0 Å². The summed E-state index contributed by atoms with van der Waals surface area (Å²) in [7, 11) is 0. The lowest BCUT2D eigenvalue weighted by Crippen LogP contribution is -1.91. The van der Waals surface area contributed by atoms with Crippen molar-refractivity contribution in [3.63, 3.8) is 0 Å². The topological polar surface area (TPSA) is 38.9 Å². The van der Waals surface area contributed by atoms with E-state index in [9.17, 15) is 0 Å². The summed E-state index contributed by atoms with van der Waals surface area (Å²) >= 11 is 0. The predicted molar refractivity (Wildman–Crippen MR) is 153 cm³/mol. The Balaban J connectivity index is 1.40. The van der Waals surface area contributed by atoms with E-state index in [2.05, 4.69) is 91.0 Å². The molecule has 5 aromatic carbocycles. The van der Waals surface area contributed by atoms with Gasteiger partial charge in [-0.15, -0.1) is 0 Å². The maximum absolute atomic E-state index is 6.26. The normalized spacial score (nSPS) is 11.8.